The molecular formula is C14H21N3O2S. The summed E-state index contributed by atoms with van der Waals surface area (Å²) in [6.07, 6.45) is 8.07. The van der Waals surface area contributed by atoms with Crippen LogP contribution >= 0.6 is 11.8 Å². The lowest BCUT2D eigenvalue weighted by Gasteiger charge is -2.28. The van der Waals surface area contributed by atoms with Crippen LogP contribution in [-0.4, -0.2) is 39.9 Å². The summed E-state index contributed by atoms with van der Waals surface area (Å²) in [5, 5.41) is 4.29. The first-order valence-corrected chi connectivity index (χ1v) is 7.96. The molecule has 1 unspecified atom stereocenters. The van der Waals surface area contributed by atoms with Crippen LogP contribution in [0.2, 0.25) is 0 Å². The molecule has 2 rings (SSSR count). The molecular weight excluding hydrogens is 274 g/mol. The molecule has 0 radical (unpaired) electrons. The largest absolute Gasteiger partial charge is 0.465 e. The van der Waals surface area contributed by atoms with Crippen molar-refractivity contribution >= 4 is 17.7 Å². The summed E-state index contributed by atoms with van der Waals surface area (Å²) in [6, 6.07) is 0.464. The molecule has 0 saturated heterocycles. The minimum Gasteiger partial charge on any atom is -0.465 e. The van der Waals surface area contributed by atoms with Crippen LogP contribution in [0.3, 0.4) is 0 Å². The van der Waals surface area contributed by atoms with Crippen LogP contribution in [0.15, 0.2) is 23.6 Å². The van der Waals surface area contributed by atoms with Crippen molar-refractivity contribution in [2.75, 3.05) is 12.4 Å². The number of nitrogens with zero attached hydrogens (tertiary/aromatic N) is 2. The number of hydrogen-bond donors (Lipinski definition) is 1. The highest BCUT2D eigenvalue weighted by atomic mass is 32.2. The fourth-order valence-electron chi connectivity index (χ4n) is 1.92. The zero-order valence-electron chi connectivity index (χ0n) is 12.0. The number of hydrogen-bond acceptors (Lipinski definition) is 6. The minimum atomic E-state index is -0.605. The predicted molar refractivity (Wildman–Crippen MR) is 78.6 cm³/mol. The van der Waals surface area contributed by atoms with E-state index in [1.165, 1.54) is 0 Å². The average Bonchev–Trinajstić information content (AvgIpc) is 3.24. The highest BCUT2D eigenvalue weighted by Gasteiger charge is 2.39. The molecule has 0 aromatic carbocycles. The average molecular weight is 295 g/mol. The van der Waals surface area contributed by atoms with Crippen LogP contribution < -0.4 is 5.32 Å². The number of esters is 1. The van der Waals surface area contributed by atoms with Gasteiger partial charge in [0, 0.05) is 24.2 Å². The molecule has 1 saturated carbocycles. The quantitative estimate of drug-likeness (QED) is 0.585. The first-order chi connectivity index (χ1) is 9.64. The lowest BCUT2D eigenvalue weighted by atomic mass is 9.99. The number of thioether (sulfide) groups is 1. The monoisotopic (exact) mass is 295 g/mol. The molecule has 110 valence electrons. The van der Waals surface area contributed by atoms with E-state index < -0.39 is 5.54 Å². The van der Waals surface area contributed by atoms with Crippen molar-refractivity contribution in [1.29, 1.82) is 0 Å². The highest BCUT2D eigenvalue weighted by molar-refractivity contribution is 7.99. The molecule has 0 amide bonds. The third-order valence-corrected chi connectivity index (χ3v) is 4.13. The second-order valence-corrected chi connectivity index (χ2v) is 6.23. The van der Waals surface area contributed by atoms with Crippen molar-refractivity contribution in [2.45, 2.75) is 49.7 Å². The van der Waals surface area contributed by atoms with E-state index in [4.69, 9.17) is 4.74 Å². The first kappa shape index (κ1) is 15.3. The van der Waals surface area contributed by atoms with Crippen LogP contribution in [0.25, 0.3) is 0 Å². The molecule has 1 N–H and O–H groups in total. The number of rotatable bonds is 8. The SMILES string of the molecule is CCOC(=O)C(C)(CCSc1cnccn1)NC1CC1. The maximum atomic E-state index is 12.1. The molecule has 1 aromatic heterocycles. The molecule has 1 aliphatic carbocycles. The topological polar surface area (TPSA) is 64.1 Å². The lowest BCUT2D eigenvalue weighted by Crippen LogP contribution is -2.51. The van der Waals surface area contributed by atoms with Crippen molar-refractivity contribution in [3.05, 3.63) is 18.6 Å². The Morgan fingerprint density at radius 1 is 1.55 bits per heavy atom. The third kappa shape index (κ3) is 4.45. The van der Waals surface area contributed by atoms with E-state index in [1.807, 2.05) is 13.8 Å². The minimum absolute atomic E-state index is 0.161. The van der Waals surface area contributed by atoms with E-state index in [-0.39, 0.29) is 5.97 Å². The number of carbonyl (C=O) groups excluding carboxylic acids is 1. The fraction of sp³-hybridized carbons (Fsp3) is 0.643. The normalized spacial score (nSPS) is 17.5. The van der Waals surface area contributed by atoms with Gasteiger partial charge >= 0.3 is 5.97 Å². The van der Waals surface area contributed by atoms with Crippen molar-refractivity contribution in [2.24, 2.45) is 0 Å². The number of nitrogens with one attached hydrogen (secondary N) is 1. The Bertz CT molecular complexity index is 439. The summed E-state index contributed by atoms with van der Waals surface area (Å²) in [4.78, 5) is 20.4. The third-order valence-electron chi connectivity index (χ3n) is 3.22. The van der Waals surface area contributed by atoms with Gasteiger partial charge in [0.2, 0.25) is 0 Å². The maximum absolute atomic E-state index is 12.1. The van der Waals surface area contributed by atoms with Gasteiger partial charge in [-0.15, -0.1) is 11.8 Å². The van der Waals surface area contributed by atoms with Crippen LogP contribution in [0.4, 0.5) is 0 Å². The lowest BCUT2D eigenvalue weighted by molar-refractivity contribution is -0.150. The van der Waals surface area contributed by atoms with Gasteiger partial charge in [-0.3, -0.25) is 15.1 Å². The van der Waals surface area contributed by atoms with E-state index in [0.717, 1.165) is 23.6 Å². The number of ether oxygens (including phenoxy) is 1. The molecule has 1 aromatic rings. The van der Waals surface area contributed by atoms with Crippen LogP contribution in [0, 0.1) is 0 Å². The van der Waals surface area contributed by atoms with Gasteiger partial charge in [0.1, 0.15) is 10.6 Å². The Hall–Kier alpha value is -1.14. The molecule has 20 heavy (non-hydrogen) atoms. The fourth-order valence-corrected chi connectivity index (χ4v) is 2.91. The molecule has 1 aliphatic rings. The molecule has 5 nitrogen and oxygen atoms in total. The van der Waals surface area contributed by atoms with E-state index in [1.54, 1.807) is 30.4 Å². The number of aromatic nitrogens is 2. The summed E-state index contributed by atoms with van der Waals surface area (Å²) >= 11 is 1.61. The Kier molecular flexibility index (Phi) is 5.37. The van der Waals surface area contributed by atoms with Gasteiger partial charge in [0.15, 0.2) is 0 Å². The van der Waals surface area contributed by atoms with Gasteiger partial charge in [0.25, 0.3) is 0 Å². The van der Waals surface area contributed by atoms with Gasteiger partial charge in [0.05, 0.1) is 12.8 Å². The Balaban J connectivity index is 1.88. The van der Waals surface area contributed by atoms with E-state index in [2.05, 4.69) is 15.3 Å². The van der Waals surface area contributed by atoms with Crippen molar-refractivity contribution < 1.29 is 9.53 Å². The molecule has 0 bridgehead atoms. The predicted octanol–water partition coefficient (Wildman–Crippen LogP) is 2.03. The number of carbonyl (C=O) groups is 1. The van der Waals surface area contributed by atoms with Gasteiger partial charge in [-0.1, -0.05) is 0 Å². The summed E-state index contributed by atoms with van der Waals surface area (Å²) in [7, 11) is 0. The Morgan fingerprint density at radius 3 is 2.95 bits per heavy atom. The van der Waals surface area contributed by atoms with Gasteiger partial charge in [-0.2, -0.15) is 0 Å². The molecule has 0 spiro atoms. The van der Waals surface area contributed by atoms with Crippen molar-refractivity contribution in [3.63, 3.8) is 0 Å². The summed E-state index contributed by atoms with van der Waals surface area (Å²) in [6.45, 7) is 4.18. The molecule has 6 heteroatoms. The summed E-state index contributed by atoms with van der Waals surface area (Å²) in [5.41, 5.74) is -0.605. The van der Waals surface area contributed by atoms with Crippen LogP contribution in [0.1, 0.15) is 33.1 Å². The molecule has 0 aliphatic heterocycles. The zero-order valence-corrected chi connectivity index (χ0v) is 12.8. The molecule has 1 heterocycles. The van der Waals surface area contributed by atoms with Crippen molar-refractivity contribution in [1.82, 2.24) is 15.3 Å². The van der Waals surface area contributed by atoms with Crippen LogP contribution in [-0.2, 0) is 9.53 Å². The second-order valence-electron chi connectivity index (χ2n) is 5.11. The van der Waals surface area contributed by atoms with E-state index >= 15 is 0 Å². The van der Waals surface area contributed by atoms with E-state index in [0.29, 0.717) is 19.1 Å². The standard InChI is InChI=1S/C14H21N3O2S/c1-3-19-13(18)14(2,17-11-4-5-11)6-9-20-12-10-15-7-8-16-12/h7-8,10-11,17H,3-6,9H2,1-2H3. The van der Waals surface area contributed by atoms with Gasteiger partial charge in [-0.05, 0) is 33.1 Å². The molecule has 1 atom stereocenters. The van der Waals surface area contributed by atoms with Crippen molar-refractivity contribution in [3.8, 4) is 0 Å². The van der Waals surface area contributed by atoms with Gasteiger partial charge < -0.3 is 4.74 Å². The second kappa shape index (κ2) is 7.04. The Labute approximate surface area is 123 Å². The zero-order chi connectivity index (χ0) is 14.4. The van der Waals surface area contributed by atoms with Crippen LogP contribution in [0.5, 0.6) is 0 Å². The van der Waals surface area contributed by atoms with Gasteiger partial charge in [-0.25, -0.2) is 4.98 Å². The maximum Gasteiger partial charge on any atom is 0.326 e. The Morgan fingerprint density at radius 2 is 2.35 bits per heavy atom. The smallest absolute Gasteiger partial charge is 0.326 e. The highest BCUT2D eigenvalue weighted by Crippen LogP contribution is 2.27. The molecule has 1 fully saturated rings. The summed E-state index contributed by atoms with van der Waals surface area (Å²) in [5.74, 6) is 0.639. The summed E-state index contributed by atoms with van der Waals surface area (Å²) < 4.78 is 5.20. The van der Waals surface area contributed by atoms with E-state index in [9.17, 15) is 4.79 Å². The first-order valence-electron chi connectivity index (χ1n) is 6.98.